The van der Waals surface area contributed by atoms with E-state index in [2.05, 4.69) is 4.74 Å². The van der Waals surface area contributed by atoms with Crippen LogP contribution in [0.4, 0.5) is 10.1 Å². The van der Waals surface area contributed by atoms with Gasteiger partial charge in [-0.1, -0.05) is 0 Å². The van der Waals surface area contributed by atoms with Gasteiger partial charge in [0.05, 0.1) is 37.2 Å². The summed E-state index contributed by atoms with van der Waals surface area (Å²) in [6, 6.07) is 0.773. The Morgan fingerprint density at radius 1 is 1.17 bits per heavy atom. The Labute approximate surface area is 198 Å². The number of carbonyl (C=O) groups is 3. The number of pyridine rings is 1. The van der Waals surface area contributed by atoms with E-state index in [-0.39, 0.29) is 61.3 Å². The molecule has 0 saturated carbocycles. The van der Waals surface area contributed by atoms with Gasteiger partial charge in [-0.2, -0.15) is 0 Å². The number of hydrogen-bond donors (Lipinski definition) is 1. The van der Waals surface area contributed by atoms with Crippen LogP contribution in [0, 0.1) is 5.82 Å². The van der Waals surface area contributed by atoms with Crippen molar-refractivity contribution in [3.05, 3.63) is 45.6 Å². The Morgan fingerprint density at radius 3 is 2.46 bits per heavy atom. The van der Waals surface area contributed by atoms with Gasteiger partial charge in [-0.15, -0.1) is 0 Å². The number of carboxylic acids is 1. The third kappa shape index (κ3) is 4.15. The lowest BCUT2D eigenvalue weighted by atomic mass is 10.1. The van der Waals surface area contributed by atoms with Gasteiger partial charge >= 0.3 is 17.9 Å². The molecule has 0 aliphatic carbocycles. The lowest BCUT2D eigenvalue weighted by Crippen LogP contribution is -2.47. The van der Waals surface area contributed by atoms with Gasteiger partial charge in [0.2, 0.25) is 5.43 Å². The second-order valence-electron chi connectivity index (χ2n) is 8.20. The number of carbonyl (C=O) groups excluding carboxylic acids is 2. The second kappa shape index (κ2) is 9.28. The molecule has 1 N–H and O–H groups in total. The first-order valence-electron chi connectivity index (χ1n) is 10.8. The first-order valence-corrected chi connectivity index (χ1v) is 10.8. The maximum atomic E-state index is 15.4. The van der Waals surface area contributed by atoms with E-state index in [1.165, 1.54) is 20.4 Å². The van der Waals surface area contributed by atoms with Crippen molar-refractivity contribution in [2.45, 2.75) is 13.0 Å². The fourth-order valence-electron chi connectivity index (χ4n) is 4.38. The number of esters is 2. The molecule has 1 atom stereocenters. The number of anilines is 1. The van der Waals surface area contributed by atoms with Gasteiger partial charge in [0, 0.05) is 32.4 Å². The Kier molecular flexibility index (Phi) is 6.37. The number of hydrogen-bond acceptors (Lipinski definition) is 9. The highest BCUT2D eigenvalue weighted by Crippen LogP contribution is 2.42. The number of aromatic carboxylic acids is 1. The summed E-state index contributed by atoms with van der Waals surface area (Å²) in [5, 5.41) is 9.36. The molecule has 0 amide bonds. The monoisotopic (exact) mass is 489 g/mol. The molecule has 1 fully saturated rings. The SMILES string of the molecule is COC(=O)C=C(C(=O)OC)N1CCN(c2c(F)cc3c(=O)c(C(=O)O)cn4c3c2OCC4C)CC1. The first kappa shape index (κ1) is 24.0. The van der Waals surface area contributed by atoms with E-state index in [4.69, 9.17) is 9.47 Å². The summed E-state index contributed by atoms with van der Waals surface area (Å²) < 4.78 is 32.3. The fraction of sp³-hybridized carbons (Fsp3) is 0.391. The molecule has 11 nitrogen and oxygen atoms in total. The molecular weight excluding hydrogens is 465 g/mol. The molecular formula is C23H24FN3O8. The zero-order chi connectivity index (χ0) is 25.4. The highest BCUT2D eigenvalue weighted by Gasteiger charge is 2.32. The van der Waals surface area contributed by atoms with Gasteiger partial charge in [-0.25, -0.2) is 18.8 Å². The van der Waals surface area contributed by atoms with Crippen molar-refractivity contribution >= 4 is 34.5 Å². The van der Waals surface area contributed by atoms with E-state index < -0.39 is 34.7 Å². The lowest BCUT2D eigenvalue weighted by molar-refractivity contribution is -0.140. The summed E-state index contributed by atoms with van der Waals surface area (Å²) in [6.45, 7) is 3.02. The number of nitrogens with zero attached hydrogens (tertiary/aromatic N) is 3. The Hall–Kier alpha value is -4.09. The summed E-state index contributed by atoms with van der Waals surface area (Å²) in [4.78, 5) is 51.6. The maximum Gasteiger partial charge on any atom is 0.354 e. The molecule has 1 aromatic carbocycles. The Bertz CT molecular complexity index is 1310. The van der Waals surface area contributed by atoms with E-state index in [0.29, 0.717) is 5.52 Å². The zero-order valence-electron chi connectivity index (χ0n) is 19.4. The van der Waals surface area contributed by atoms with E-state index in [0.717, 1.165) is 12.1 Å². The van der Waals surface area contributed by atoms with Crippen LogP contribution < -0.4 is 15.1 Å². The molecule has 3 heterocycles. The second-order valence-corrected chi connectivity index (χ2v) is 8.20. The molecule has 186 valence electrons. The Balaban J connectivity index is 1.73. The topological polar surface area (TPSA) is 128 Å². The molecule has 1 aromatic heterocycles. The minimum absolute atomic E-state index is 0.0273. The van der Waals surface area contributed by atoms with Crippen LogP contribution in [0.2, 0.25) is 0 Å². The normalized spacial score (nSPS) is 17.7. The molecule has 0 radical (unpaired) electrons. The average molecular weight is 489 g/mol. The standard InChI is InChI=1S/C23H24FN3O8/c1-12-11-35-21-18-13(20(29)14(22(30)31)10-27(12)18)8-15(24)19(21)26-6-4-25(5-7-26)16(23(32)34-3)9-17(28)33-2/h8-10,12H,4-7,11H2,1-3H3,(H,30,31). The van der Waals surface area contributed by atoms with E-state index >= 15 is 4.39 Å². The van der Waals surface area contributed by atoms with Gasteiger partial charge in [0.25, 0.3) is 0 Å². The number of rotatable bonds is 5. The smallest absolute Gasteiger partial charge is 0.354 e. The first-order chi connectivity index (χ1) is 16.7. The van der Waals surface area contributed by atoms with E-state index in [9.17, 15) is 24.3 Å². The van der Waals surface area contributed by atoms with Crippen LogP contribution in [0.25, 0.3) is 10.9 Å². The summed E-state index contributed by atoms with van der Waals surface area (Å²) >= 11 is 0. The molecule has 2 aliphatic rings. The van der Waals surface area contributed by atoms with E-state index in [1.54, 1.807) is 14.4 Å². The predicted molar refractivity (Wildman–Crippen MR) is 121 cm³/mol. The van der Waals surface area contributed by atoms with Crippen molar-refractivity contribution in [2.75, 3.05) is 51.9 Å². The number of methoxy groups -OCH3 is 2. The van der Waals surface area contributed by atoms with E-state index in [1.807, 2.05) is 6.92 Å². The minimum atomic E-state index is -1.39. The molecule has 4 rings (SSSR count). The van der Waals surface area contributed by atoms with Crippen molar-refractivity contribution in [3.63, 3.8) is 0 Å². The molecule has 0 bridgehead atoms. The van der Waals surface area contributed by atoms with Crippen molar-refractivity contribution in [2.24, 2.45) is 0 Å². The summed E-state index contributed by atoms with van der Waals surface area (Å²) in [5.74, 6) is -3.35. The molecule has 2 aliphatic heterocycles. The molecule has 12 heteroatoms. The highest BCUT2D eigenvalue weighted by molar-refractivity contribution is 5.98. The fourth-order valence-corrected chi connectivity index (χ4v) is 4.38. The molecule has 35 heavy (non-hydrogen) atoms. The van der Waals surface area contributed by atoms with Crippen molar-refractivity contribution in [3.8, 4) is 5.75 Å². The zero-order valence-corrected chi connectivity index (χ0v) is 19.4. The number of carboxylic acid groups (broad SMARTS) is 1. The summed E-state index contributed by atoms with van der Waals surface area (Å²) in [5.41, 5.74) is -0.714. The lowest BCUT2D eigenvalue weighted by Gasteiger charge is -2.39. The number of piperazine rings is 1. The van der Waals surface area contributed by atoms with Gasteiger partial charge in [-0.05, 0) is 13.0 Å². The molecule has 1 saturated heterocycles. The maximum absolute atomic E-state index is 15.4. The average Bonchev–Trinajstić information content (AvgIpc) is 2.85. The van der Waals surface area contributed by atoms with Gasteiger partial charge in [-0.3, -0.25) is 4.79 Å². The van der Waals surface area contributed by atoms with Crippen LogP contribution in [0.1, 0.15) is 23.3 Å². The number of aromatic nitrogens is 1. The Morgan fingerprint density at radius 2 is 1.86 bits per heavy atom. The van der Waals surface area contributed by atoms with Crippen LogP contribution >= 0.6 is 0 Å². The molecule has 2 aromatic rings. The van der Waals surface area contributed by atoms with Gasteiger partial charge in [0.15, 0.2) is 11.6 Å². The van der Waals surface area contributed by atoms with Crippen LogP contribution in [-0.2, 0) is 19.1 Å². The van der Waals surface area contributed by atoms with Crippen molar-refractivity contribution < 1.29 is 38.1 Å². The van der Waals surface area contributed by atoms with Crippen LogP contribution in [0.15, 0.2) is 28.8 Å². The largest absolute Gasteiger partial charge is 0.487 e. The van der Waals surface area contributed by atoms with Gasteiger partial charge in [0.1, 0.15) is 23.6 Å². The molecule has 1 unspecified atom stereocenters. The van der Waals surface area contributed by atoms with Gasteiger partial charge < -0.3 is 33.7 Å². The number of ether oxygens (including phenoxy) is 3. The van der Waals surface area contributed by atoms with Crippen molar-refractivity contribution in [1.29, 1.82) is 0 Å². The quantitative estimate of drug-likeness (QED) is 0.482. The van der Waals surface area contributed by atoms with Crippen molar-refractivity contribution in [1.82, 2.24) is 9.47 Å². The van der Waals surface area contributed by atoms with Crippen LogP contribution in [-0.4, -0.2) is 79.5 Å². The predicted octanol–water partition coefficient (Wildman–Crippen LogP) is 1.14. The summed E-state index contributed by atoms with van der Waals surface area (Å²) in [7, 11) is 2.39. The number of benzene rings is 1. The van der Waals surface area contributed by atoms with Crippen LogP contribution in [0.3, 0.4) is 0 Å². The third-order valence-electron chi connectivity index (χ3n) is 6.16. The minimum Gasteiger partial charge on any atom is -0.487 e. The summed E-state index contributed by atoms with van der Waals surface area (Å²) in [6.07, 6.45) is 2.31. The molecule has 0 spiro atoms. The van der Waals surface area contributed by atoms with Crippen LogP contribution in [0.5, 0.6) is 5.75 Å². The number of halogens is 1. The highest BCUT2D eigenvalue weighted by atomic mass is 19.1. The third-order valence-corrected chi connectivity index (χ3v) is 6.16.